The maximum absolute atomic E-state index is 9.34. The average Bonchev–Trinajstić information content (AvgIpc) is 2.18. The number of aliphatic carboxylic acids is 3. The van der Waals surface area contributed by atoms with Crippen molar-refractivity contribution < 1.29 is 50.5 Å². The van der Waals surface area contributed by atoms with E-state index in [0.29, 0.717) is 0 Å². The Morgan fingerprint density at radius 2 is 0.750 bits per heavy atom. The Labute approximate surface area is 125 Å². The van der Waals surface area contributed by atoms with Crippen LogP contribution in [0.2, 0.25) is 0 Å². The zero-order valence-corrected chi connectivity index (χ0v) is 12.3. The van der Waals surface area contributed by atoms with Gasteiger partial charge in [-0.05, 0) is 20.8 Å². The number of aliphatic hydroxyl groups excluding tert-OH is 3. The van der Waals surface area contributed by atoms with E-state index in [2.05, 4.69) is 0 Å². The summed E-state index contributed by atoms with van der Waals surface area (Å²) in [4.78, 5) is 28.0. The van der Waals surface area contributed by atoms with Crippen LogP contribution in [0.15, 0.2) is 0 Å². The predicted molar refractivity (Wildman–Crippen MR) is 59.4 cm³/mol. The summed E-state index contributed by atoms with van der Waals surface area (Å²) in [6, 6.07) is 0. The molecule has 0 radical (unpaired) electrons. The molecule has 0 aromatic heterocycles. The molecule has 3 unspecified atom stereocenters. The number of carboxylic acids is 3. The summed E-state index contributed by atoms with van der Waals surface area (Å²) in [5.41, 5.74) is 0. The number of hydrogen-bond acceptors (Lipinski definition) is 9. The van der Waals surface area contributed by atoms with Gasteiger partial charge in [0.15, 0.2) is 0 Å². The summed E-state index contributed by atoms with van der Waals surface area (Å²) in [6.07, 6.45) is -4.03. The Hall–Kier alpha value is -1.22. The second kappa shape index (κ2) is 17.8. The molecule has 0 aliphatic heterocycles. The molecule has 0 amide bonds. The molecule has 0 saturated heterocycles. The Morgan fingerprint density at radius 1 is 0.700 bits per heavy atom. The van der Waals surface area contributed by atoms with E-state index in [-0.39, 0.29) is 22.8 Å². The Bertz CT molecular complexity index is 221. The number of hydrogen-bond donors (Lipinski definition) is 3. The van der Waals surface area contributed by atoms with Gasteiger partial charge in [-0.3, -0.25) is 0 Å². The third-order valence-corrected chi connectivity index (χ3v) is 1.02. The van der Waals surface area contributed by atoms with Crippen LogP contribution in [0.3, 0.4) is 0 Å². The molecule has 11 heteroatoms. The summed E-state index contributed by atoms with van der Waals surface area (Å²) in [7, 11) is 0. The number of carboxylic acid groups (broad SMARTS) is 3. The van der Waals surface area contributed by atoms with Crippen LogP contribution in [0.5, 0.6) is 0 Å². The third-order valence-electron chi connectivity index (χ3n) is 1.02. The first-order valence-electron chi connectivity index (χ1n) is 4.60. The summed E-state index contributed by atoms with van der Waals surface area (Å²) in [5.74, 6) is -4.31. The van der Waals surface area contributed by atoms with Gasteiger partial charge in [-0.25, -0.2) is 0 Å². The van der Waals surface area contributed by atoms with Crippen molar-refractivity contribution in [2.45, 2.75) is 39.1 Å². The molecule has 0 aromatic carbocycles. The largest absolute Gasteiger partial charge is 3.00 e. The fraction of sp³-hybridized carbons (Fsp3) is 0.667. The van der Waals surface area contributed by atoms with Gasteiger partial charge in [0, 0.05) is 0 Å². The van der Waals surface area contributed by atoms with Crippen LogP contribution in [-0.2, 0) is 14.4 Å². The Kier molecular flexibility index (Phi) is 27.8. The minimum Gasteiger partial charge on any atom is -0.547 e. The SMILES string of the molecule is CC(O)C(=O)[O-].CC(O)C(=O)[O-].CC(O)C(=O)[O-].O.[Al+3]. The smallest absolute Gasteiger partial charge is 0.547 e. The predicted octanol–water partition coefficient (Wildman–Crippen LogP) is -6.85. The number of aliphatic hydroxyl groups is 3. The summed E-state index contributed by atoms with van der Waals surface area (Å²) >= 11 is 0. The van der Waals surface area contributed by atoms with E-state index < -0.39 is 36.2 Å². The zero-order valence-electron chi connectivity index (χ0n) is 11.1. The molecule has 0 heterocycles. The van der Waals surface area contributed by atoms with Crippen LogP contribution in [0, 0.1) is 0 Å². The van der Waals surface area contributed by atoms with Crippen LogP contribution in [0.25, 0.3) is 0 Å². The summed E-state index contributed by atoms with van der Waals surface area (Å²) in [6.45, 7) is 3.40. The van der Waals surface area contributed by atoms with Crippen molar-refractivity contribution in [2.24, 2.45) is 0 Å². The van der Waals surface area contributed by atoms with Gasteiger partial charge >= 0.3 is 17.4 Å². The van der Waals surface area contributed by atoms with Gasteiger partial charge in [0.25, 0.3) is 0 Å². The normalized spacial score (nSPS) is 12.3. The van der Waals surface area contributed by atoms with Crippen molar-refractivity contribution >= 4 is 35.3 Å². The molecule has 0 spiro atoms. The van der Waals surface area contributed by atoms with Gasteiger partial charge in [0.05, 0.1) is 36.2 Å². The van der Waals surface area contributed by atoms with Gasteiger partial charge in [-0.2, -0.15) is 0 Å². The molecule has 0 aliphatic rings. The fourth-order valence-electron chi connectivity index (χ4n) is 0. The molecular weight excluding hydrogens is 295 g/mol. The zero-order chi connectivity index (χ0) is 15.5. The van der Waals surface area contributed by atoms with Crippen LogP contribution in [-0.4, -0.2) is 74.4 Å². The molecule has 0 aliphatic carbocycles. The number of rotatable bonds is 3. The molecule has 5 N–H and O–H groups in total. The van der Waals surface area contributed by atoms with Crippen LogP contribution < -0.4 is 15.3 Å². The standard InChI is InChI=1S/3C3H6O3.Al.H2O/c3*1-2(4)3(5)6;;/h3*2,4H,1H3,(H,5,6);;1H2/q;;;+3;/p-3. The van der Waals surface area contributed by atoms with Crippen molar-refractivity contribution in [2.75, 3.05) is 0 Å². The van der Waals surface area contributed by atoms with Gasteiger partial charge in [0.2, 0.25) is 0 Å². The van der Waals surface area contributed by atoms with Crippen LogP contribution in [0.1, 0.15) is 20.8 Å². The summed E-state index contributed by atoms with van der Waals surface area (Å²) < 4.78 is 0. The van der Waals surface area contributed by atoms with Crippen molar-refractivity contribution in [3.8, 4) is 0 Å². The molecule has 116 valence electrons. The first-order valence-corrected chi connectivity index (χ1v) is 4.60. The van der Waals surface area contributed by atoms with Gasteiger partial charge < -0.3 is 50.5 Å². The molecular formula is C9H17AlO10. The van der Waals surface area contributed by atoms with Crippen LogP contribution in [0.4, 0.5) is 0 Å². The minimum absolute atomic E-state index is 0. The average molecular weight is 312 g/mol. The first kappa shape index (κ1) is 31.3. The summed E-state index contributed by atoms with van der Waals surface area (Å²) in [5, 5.41) is 51.9. The van der Waals surface area contributed by atoms with E-state index >= 15 is 0 Å². The topological polar surface area (TPSA) is 213 Å². The van der Waals surface area contributed by atoms with E-state index in [1.807, 2.05) is 0 Å². The van der Waals surface area contributed by atoms with Crippen molar-refractivity contribution in [3.05, 3.63) is 0 Å². The van der Waals surface area contributed by atoms with E-state index in [1.165, 1.54) is 0 Å². The minimum atomic E-state index is -1.44. The number of carbonyl (C=O) groups is 3. The second-order valence-electron chi connectivity index (χ2n) is 2.99. The maximum Gasteiger partial charge on any atom is 3.00 e. The molecule has 0 rings (SSSR count). The molecule has 3 atom stereocenters. The maximum atomic E-state index is 9.34. The molecule has 0 fully saturated rings. The van der Waals surface area contributed by atoms with Gasteiger partial charge in [-0.15, -0.1) is 0 Å². The molecule has 0 aromatic rings. The molecule has 0 bridgehead atoms. The fourth-order valence-corrected chi connectivity index (χ4v) is 0. The number of carbonyl (C=O) groups excluding carboxylic acids is 3. The monoisotopic (exact) mass is 312 g/mol. The quantitative estimate of drug-likeness (QED) is 0.421. The Balaban J connectivity index is -0.0000000536. The van der Waals surface area contributed by atoms with E-state index in [1.54, 1.807) is 0 Å². The van der Waals surface area contributed by atoms with Crippen molar-refractivity contribution in [1.29, 1.82) is 0 Å². The third kappa shape index (κ3) is 36.0. The van der Waals surface area contributed by atoms with E-state index in [0.717, 1.165) is 20.8 Å². The van der Waals surface area contributed by atoms with E-state index in [9.17, 15) is 29.7 Å². The molecule has 20 heavy (non-hydrogen) atoms. The molecule has 0 saturated carbocycles. The van der Waals surface area contributed by atoms with Gasteiger partial charge in [0.1, 0.15) is 0 Å². The van der Waals surface area contributed by atoms with Crippen molar-refractivity contribution in [3.63, 3.8) is 0 Å². The Morgan fingerprint density at radius 3 is 0.750 bits per heavy atom. The van der Waals surface area contributed by atoms with Crippen LogP contribution >= 0.6 is 0 Å². The van der Waals surface area contributed by atoms with Gasteiger partial charge in [-0.1, -0.05) is 0 Å². The first-order chi connectivity index (χ1) is 7.93. The molecule has 10 nitrogen and oxygen atoms in total. The van der Waals surface area contributed by atoms with Crippen molar-refractivity contribution in [1.82, 2.24) is 0 Å². The second-order valence-corrected chi connectivity index (χ2v) is 2.99. The van der Waals surface area contributed by atoms with E-state index in [4.69, 9.17) is 15.3 Å².